The van der Waals surface area contributed by atoms with Crippen LogP contribution < -0.4 is 10.0 Å². The van der Waals surface area contributed by atoms with E-state index in [0.29, 0.717) is 35.4 Å². The van der Waals surface area contributed by atoms with Crippen LogP contribution in [0.1, 0.15) is 44.3 Å². The molecular weight excluding hydrogens is 276 g/mol. The van der Waals surface area contributed by atoms with Gasteiger partial charge >= 0.3 is 0 Å². The minimum Gasteiger partial charge on any atom is -0.465 e. The van der Waals surface area contributed by atoms with Gasteiger partial charge in [-0.05, 0) is 32.7 Å². The number of aryl methyl sites for hydroxylation is 2. The van der Waals surface area contributed by atoms with Crippen LogP contribution in [-0.4, -0.2) is 21.5 Å². The first-order chi connectivity index (χ1) is 9.29. The molecule has 1 aromatic heterocycles. The third-order valence-corrected chi connectivity index (χ3v) is 4.81. The lowest BCUT2D eigenvalue weighted by Gasteiger charge is -2.10. The number of nitrogens with one attached hydrogen (secondary N) is 2. The number of hydrogen-bond acceptors (Lipinski definition) is 4. The maximum atomic E-state index is 12.4. The van der Waals surface area contributed by atoms with Gasteiger partial charge in [0.1, 0.15) is 16.4 Å². The molecule has 0 aromatic carbocycles. The van der Waals surface area contributed by atoms with Gasteiger partial charge in [-0.3, -0.25) is 0 Å². The lowest BCUT2D eigenvalue weighted by Crippen LogP contribution is -2.27. The summed E-state index contributed by atoms with van der Waals surface area (Å²) in [5.41, 5.74) is 0.724. The lowest BCUT2D eigenvalue weighted by molar-refractivity contribution is 0.492. The molecular formula is C14H26N2O3S. The van der Waals surface area contributed by atoms with E-state index in [-0.39, 0.29) is 0 Å². The molecule has 1 aromatic rings. The van der Waals surface area contributed by atoms with Crippen molar-refractivity contribution in [2.24, 2.45) is 5.92 Å². The molecule has 0 saturated heterocycles. The molecule has 0 aliphatic heterocycles. The van der Waals surface area contributed by atoms with Crippen molar-refractivity contribution >= 4 is 10.0 Å². The van der Waals surface area contributed by atoms with Gasteiger partial charge in [0, 0.05) is 18.7 Å². The van der Waals surface area contributed by atoms with Gasteiger partial charge in [0.2, 0.25) is 10.0 Å². The Bertz CT molecular complexity index is 533. The summed E-state index contributed by atoms with van der Waals surface area (Å²) >= 11 is 0. The third kappa shape index (κ3) is 4.33. The van der Waals surface area contributed by atoms with Crippen LogP contribution in [0, 0.1) is 19.8 Å². The summed E-state index contributed by atoms with van der Waals surface area (Å²) < 4.78 is 33.0. The van der Waals surface area contributed by atoms with E-state index >= 15 is 0 Å². The fraction of sp³-hybridized carbons (Fsp3) is 0.714. The molecule has 0 unspecified atom stereocenters. The molecule has 116 valence electrons. The van der Waals surface area contributed by atoms with E-state index in [2.05, 4.69) is 23.9 Å². The van der Waals surface area contributed by atoms with Crippen molar-refractivity contribution in [1.82, 2.24) is 10.0 Å². The number of sulfonamides is 1. The molecule has 0 spiro atoms. The highest BCUT2D eigenvalue weighted by Crippen LogP contribution is 2.26. The maximum absolute atomic E-state index is 12.4. The Labute approximate surface area is 122 Å². The van der Waals surface area contributed by atoms with E-state index in [9.17, 15) is 8.42 Å². The number of furan rings is 1. The number of rotatable bonds is 8. The van der Waals surface area contributed by atoms with Gasteiger partial charge in [-0.2, -0.15) is 0 Å². The van der Waals surface area contributed by atoms with Crippen LogP contribution in [0.4, 0.5) is 0 Å². The van der Waals surface area contributed by atoms with E-state index in [4.69, 9.17) is 4.42 Å². The van der Waals surface area contributed by atoms with E-state index in [1.807, 2.05) is 6.92 Å². The summed E-state index contributed by atoms with van der Waals surface area (Å²) in [4.78, 5) is 0.291. The molecule has 0 amide bonds. The smallest absolute Gasteiger partial charge is 0.244 e. The van der Waals surface area contributed by atoms with Crippen LogP contribution in [-0.2, 0) is 16.6 Å². The largest absolute Gasteiger partial charge is 0.465 e. The summed E-state index contributed by atoms with van der Waals surface area (Å²) in [6.45, 7) is 11.3. The van der Waals surface area contributed by atoms with Crippen LogP contribution in [0.25, 0.3) is 0 Å². The molecule has 1 heterocycles. The van der Waals surface area contributed by atoms with E-state index in [1.165, 1.54) is 0 Å². The predicted molar refractivity (Wildman–Crippen MR) is 80.2 cm³/mol. The molecule has 2 N–H and O–H groups in total. The van der Waals surface area contributed by atoms with Gasteiger partial charge < -0.3 is 9.73 Å². The fourth-order valence-corrected chi connectivity index (χ4v) is 3.56. The van der Waals surface area contributed by atoms with Crippen molar-refractivity contribution < 1.29 is 12.8 Å². The highest BCUT2D eigenvalue weighted by atomic mass is 32.2. The minimum atomic E-state index is -3.51. The highest BCUT2D eigenvalue weighted by molar-refractivity contribution is 7.89. The third-order valence-electron chi connectivity index (χ3n) is 3.16. The first-order valence-electron chi connectivity index (χ1n) is 7.08. The summed E-state index contributed by atoms with van der Waals surface area (Å²) in [7, 11) is -3.51. The molecule has 0 saturated carbocycles. The van der Waals surface area contributed by atoms with Crippen molar-refractivity contribution in [3.63, 3.8) is 0 Å². The average molecular weight is 302 g/mol. The lowest BCUT2D eigenvalue weighted by atomic mass is 10.1. The Morgan fingerprint density at radius 2 is 1.85 bits per heavy atom. The van der Waals surface area contributed by atoms with Crippen molar-refractivity contribution in [2.45, 2.75) is 52.5 Å². The normalized spacial score (nSPS) is 12.3. The molecule has 0 atom stereocenters. The maximum Gasteiger partial charge on any atom is 0.244 e. The van der Waals surface area contributed by atoms with Gasteiger partial charge in [0.05, 0.1) is 0 Å². The molecule has 5 nitrogen and oxygen atoms in total. The van der Waals surface area contributed by atoms with Crippen LogP contribution in [0.5, 0.6) is 0 Å². The summed E-state index contributed by atoms with van der Waals surface area (Å²) in [5.74, 6) is 1.58. The van der Waals surface area contributed by atoms with E-state index < -0.39 is 10.0 Å². The van der Waals surface area contributed by atoms with Crippen LogP contribution in [0.15, 0.2) is 9.31 Å². The molecule has 6 heteroatoms. The number of hydrogen-bond donors (Lipinski definition) is 2. The first-order valence-corrected chi connectivity index (χ1v) is 8.57. The Morgan fingerprint density at radius 1 is 1.20 bits per heavy atom. The molecule has 0 radical (unpaired) electrons. The Morgan fingerprint density at radius 3 is 2.40 bits per heavy atom. The molecule has 0 bridgehead atoms. The van der Waals surface area contributed by atoms with Crippen LogP contribution in [0.3, 0.4) is 0 Å². The standard InChI is InChI=1S/C14H26N2O3S/c1-6-15-9-13-11(4)19-12(5)14(13)20(17,18)16-8-7-10(2)3/h10,15-16H,6-9H2,1-5H3. The van der Waals surface area contributed by atoms with E-state index in [0.717, 1.165) is 18.5 Å². The summed E-state index contributed by atoms with van der Waals surface area (Å²) in [5, 5.41) is 3.15. The Balaban J connectivity index is 2.98. The van der Waals surface area contributed by atoms with Crippen molar-refractivity contribution in [2.75, 3.05) is 13.1 Å². The van der Waals surface area contributed by atoms with Crippen LogP contribution >= 0.6 is 0 Å². The zero-order valence-electron chi connectivity index (χ0n) is 13.0. The molecule has 1 rings (SSSR count). The SMILES string of the molecule is CCNCc1c(C)oc(C)c1S(=O)(=O)NCCC(C)C. The summed E-state index contributed by atoms with van der Waals surface area (Å²) in [6.07, 6.45) is 0.817. The zero-order chi connectivity index (χ0) is 15.3. The predicted octanol–water partition coefficient (Wildman–Crippen LogP) is 2.33. The monoisotopic (exact) mass is 302 g/mol. The Hall–Kier alpha value is -0.850. The van der Waals surface area contributed by atoms with Gasteiger partial charge in [0.15, 0.2) is 0 Å². The van der Waals surface area contributed by atoms with E-state index in [1.54, 1.807) is 13.8 Å². The highest BCUT2D eigenvalue weighted by Gasteiger charge is 2.26. The van der Waals surface area contributed by atoms with Gasteiger partial charge in [-0.25, -0.2) is 13.1 Å². The van der Waals surface area contributed by atoms with Crippen molar-refractivity contribution in [3.8, 4) is 0 Å². The molecule has 0 aliphatic carbocycles. The summed E-state index contributed by atoms with van der Waals surface area (Å²) in [6, 6.07) is 0. The van der Waals surface area contributed by atoms with Crippen molar-refractivity contribution in [3.05, 3.63) is 17.1 Å². The Kier molecular flexibility index (Phi) is 6.23. The second-order valence-electron chi connectivity index (χ2n) is 5.38. The average Bonchev–Trinajstić information content (AvgIpc) is 2.61. The fourth-order valence-electron chi connectivity index (χ4n) is 2.07. The van der Waals surface area contributed by atoms with Crippen molar-refractivity contribution in [1.29, 1.82) is 0 Å². The molecule has 0 fully saturated rings. The van der Waals surface area contributed by atoms with Gasteiger partial charge in [0.25, 0.3) is 0 Å². The zero-order valence-corrected chi connectivity index (χ0v) is 13.9. The van der Waals surface area contributed by atoms with Gasteiger partial charge in [-0.15, -0.1) is 0 Å². The quantitative estimate of drug-likeness (QED) is 0.773. The molecule has 20 heavy (non-hydrogen) atoms. The first kappa shape index (κ1) is 17.2. The minimum absolute atomic E-state index is 0.291. The second-order valence-corrected chi connectivity index (χ2v) is 7.09. The van der Waals surface area contributed by atoms with Gasteiger partial charge in [-0.1, -0.05) is 20.8 Å². The second kappa shape index (κ2) is 7.24. The molecule has 0 aliphatic rings. The topological polar surface area (TPSA) is 71.3 Å². The van der Waals surface area contributed by atoms with Crippen LogP contribution in [0.2, 0.25) is 0 Å².